The molecule has 1 unspecified atom stereocenters. The minimum absolute atomic E-state index is 0.0335. The van der Waals surface area contributed by atoms with Crippen LogP contribution in [-0.2, 0) is 4.79 Å². The molecule has 2 fully saturated rings. The molecule has 162 valence electrons. The van der Waals surface area contributed by atoms with Gasteiger partial charge in [-0.25, -0.2) is 9.78 Å². The third-order valence-electron chi connectivity index (χ3n) is 5.90. The zero-order valence-electron chi connectivity index (χ0n) is 18.1. The van der Waals surface area contributed by atoms with Gasteiger partial charge in [0.25, 0.3) is 11.8 Å². The fraction of sp³-hybridized carbons (Fsp3) is 0.391. The summed E-state index contributed by atoms with van der Waals surface area (Å²) < 4.78 is 0. The third-order valence-corrected chi connectivity index (χ3v) is 5.90. The molecule has 2 aliphatic rings. The summed E-state index contributed by atoms with van der Waals surface area (Å²) in [5.41, 5.74) is 3.46. The van der Waals surface area contributed by atoms with E-state index in [1.807, 2.05) is 24.9 Å². The van der Waals surface area contributed by atoms with Crippen molar-refractivity contribution >= 4 is 29.4 Å². The van der Waals surface area contributed by atoms with Crippen molar-refractivity contribution in [3.05, 3.63) is 53.2 Å². The molecule has 31 heavy (non-hydrogen) atoms. The molecule has 4 rings (SSSR count). The fourth-order valence-corrected chi connectivity index (χ4v) is 4.28. The molecule has 2 saturated heterocycles. The van der Waals surface area contributed by atoms with Crippen LogP contribution < -0.4 is 15.1 Å². The van der Waals surface area contributed by atoms with Crippen molar-refractivity contribution in [2.45, 2.75) is 33.2 Å². The molecule has 2 aromatic rings. The van der Waals surface area contributed by atoms with E-state index in [2.05, 4.69) is 28.2 Å². The lowest BCUT2D eigenvalue weighted by molar-refractivity contribution is -0.119. The van der Waals surface area contributed by atoms with E-state index in [9.17, 15) is 14.4 Å². The standard InChI is InChI=1S/C23H27N5O3/c1-4-19-21(29)25-23(31)28(19)18-7-5-17(6-8-18)22(30)27-11-9-26(10-12-27)20-16(3)13-15(2)14-24-20/h5-8,13-14,19H,4,9-12H2,1-3H3,(H,25,29,31). The lowest BCUT2D eigenvalue weighted by Crippen LogP contribution is -2.49. The summed E-state index contributed by atoms with van der Waals surface area (Å²) in [6.07, 6.45) is 2.40. The third kappa shape index (κ3) is 3.97. The first-order chi connectivity index (χ1) is 14.9. The molecule has 8 nitrogen and oxygen atoms in total. The van der Waals surface area contributed by atoms with Gasteiger partial charge in [0.15, 0.2) is 0 Å². The van der Waals surface area contributed by atoms with E-state index in [-0.39, 0.29) is 11.8 Å². The number of aromatic nitrogens is 1. The molecule has 0 bridgehead atoms. The Bertz CT molecular complexity index is 1010. The number of carbonyl (C=O) groups is 3. The minimum atomic E-state index is -0.513. The molecule has 1 atom stereocenters. The van der Waals surface area contributed by atoms with Crippen molar-refractivity contribution < 1.29 is 14.4 Å². The average Bonchev–Trinajstić information content (AvgIpc) is 3.06. The average molecular weight is 422 g/mol. The van der Waals surface area contributed by atoms with Gasteiger partial charge in [-0.05, 0) is 55.7 Å². The Balaban J connectivity index is 1.41. The van der Waals surface area contributed by atoms with E-state index in [4.69, 9.17) is 0 Å². The number of aryl methyl sites for hydroxylation is 2. The summed E-state index contributed by atoms with van der Waals surface area (Å²) in [6.45, 7) is 8.66. The quantitative estimate of drug-likeness (QED) is 0.767. The van der Waals surface area contributed by atoms with Crippen molar-refractivity contribution in [2.24, 2.45) is 0 Å². The Morgan fingerprint density at radius 1 is 1.10 bits per heavy atom. The van der Waals surface area contributed by atoms with E-state index >= 15 is 0 Å². The van der Waals surface area contributed by atoms with Crippen LogP contribution in [-0.4, -0.2) is 60.0 Å². The first-order valence-corrected chi connectivity index (χ1v) is 10.6. The van der Waals surface area contributed by atoms with Gasteiger partial charge in [0, 0.05) is 43.6 Å². The van der Waals surface area contributed by atoms with Crippen molar-refractivity contribution in [3.8, 4) is 0 Å². The SMILES string of the molecule is CCC1C(=O)NC(=O)N1c1ccc(C(=O)N2CCN(c3ncc(C)cc3C)CC2)cc1. The molecule has 3 heterocycles. The molecule has 1 aromatic carbocycles. The second-order valence-corrected chi connectivity index (χ2v) is 8.07. The van der Waals surface area contributed by atoms with Crippen LogP contribution in [0.25, 0.3) is 0 Å². The fourth-order valence-electron chi connectivity index (χ4n) is 4.28. The van der Waals surface area contributed by atoms with Gasteiger partial charge >= 0.3 is 6.03 Å². The first-order valence-electron chi connectivity index (χ1n) is 10.6. The number of imide groups is 1. The van der Waals surface area contributed by atoms with Crippen molar-refractivity contribution in [1.82, 2.24) is 15.2 Å². The highest BCUT2D eigenvalue weighted by Gasteiger charge is 2.38. The number of amides is 4. The summed E-state index contributed by atoms with van der Waals surface area (Å²) in [5, 5.41) is 2.34. The number of hydrogen-bond donors (Lipinski definition) is 1. The van der Waals surface area contributed by atoms with Crippen LogP contribution in [0.2, 0.25) is 0 Å². The minimum Gasteiger partial charge on any atom is -0.353 e. The molecule has 8 heteroatoms. The molecule has 2 aliphatic heterocycles. The molecule has 0 radical (unpaired) electrons. The van der Waals surface area contributed by atoms with Gasteiger partial charge < -0.3 is 9.80 Å². The molecule has 0 saturated carbocycles. The lowest BCUT2D eigenvalue weighted by atomic mass is 10.1. The van der Waals surface area contributed by atoms with Gasteiger partial charge in [-0.3, -0.25) is 19.8 Å². The molecule has 4 amide bonds. The largest absolute Gasteiger partial charge is 0.353 e. The maximum Gasteiger partial charge on any atom is 0.329 e. The number of urea groups is 1. The van der Waals surface area contributed by atoms with E-state index in [1.54, 1.807) is 24.3 Å². The second kappa shape index (κ2) is 8.37. The number of anilines is 2. The Kier molecular flexibility index (Phi) is 5.63. The molecular formula is C23H27N5O3. The Hall–Kier alpha value is -3.42. The number of nitrogens with one attached hydrogen (secondary N) is 1. The van der Waals surface area contributed by atoms with Crippen LogP contribution in [0.15, 0.2) is 36.5 Å². The Morgan fingerprint density at radius 3 is 2.39 bits per heavy atom. The highest BCUT2D eigenvalue weighted by atomic mass is 16.2. The first kappa shape index (κ1) is 20.8. The predicted octanol–water partition coefficient (Wildman–Crippen LogP) is 2.50. The van der Waals surface area contributed by atoms with Crippen LogP contribution in [0, 0.1) is 13.8 Å². The number of rotatable bonds is 4. The van der Waals surface area contributed by atoms with Crippen LogP contribution in [0.4, 0.5) is 16.3 Å². The number of benzene rings is 1. The second-order valence-electron chi connectivity index (χ2n) is 8.07. The summed E-state index contributed by atoms with van der Waals surface area (Å²) >= 11 is 0. The zero-order chi connectivity index (χ0) is 22.1. The summed E-state index contributed by atoms with van der Waals surface area (Å²) in [6, 6.07) is 8.08. The summed E-state index contributed by atoms with van der Waals surface area (Å²) in [7, 11) is 0. The van der Waals surface area contributed by atoms with E-state index < -0.39 is 12.1 Å². The maximum absolute atomic E-state index is 13.0. The van der Waals surface area contributed by atoms with Gasteiger partial charge in [-0.15, -0.1) is 0 Å². The van der Waals surface area contributed by atoms with Gasteiger partial charge in [0.1, 0.15) is 11.9 Å². The van der Waals surface area contributed by atoms with Gasteiger partial charge in [0.05, 0.1) is 0 Å². The van der Waals surface area contributed by atoms with Gasteiger partial charge in [-0.1, -0.05) is 13.0 Å². The lowest BCUT2D eigenvalue weighted by Gasteiger charge is -2.36. The molecule has 0 spiro atoms. The zero-order valence-corrected chi connectivity index (χ0v) is 18.1. The highest BCUT2D eigenvalue weighted by Crippen LogP contribution is 2.24. The summed E-state index contributed by atoms with van der Waals surface area (Å²) in [4.78, 5) is 47.1. The van der Waals surface area contributed by atoms with E-state index in [1.165, 1.54) is 4.90 Å². The number of carbonyl (C=O) groups excluding carboxylic acids is 3. The van der Waals surface area contributed by atoms with Crippen LogP contribution >= 0.6 is 0 Å². The molecule has 1 aromatic heterocycles. The van der Waals surface area contributed by atoms with Crippen molar-refractivity contribution in [1.29, 1.82) is 0 Å². The number of nitrogens with zero attached hydrogens (tertiary/aromatic N) is 4. The normalized spacial score (nSPS) is 19.1. The van der Waals surface area contributed by atoms with Crippen LogP contribution in [0.3, 0.4) is 0 Å². The topological polar surface area (TPSA) is 85.8 Å². The van der Waals surface area contributed by atoms with Crippen LogP contribution in [0.1, 0.15) is 34.8 Å². The van der Waals surface area contributed by atoms with Crippen LogP contribution in [0.5, 0.6) is 0 Å². The highest BCUT2D eigenvalue weighted by molar-refractivity contribution is 6.14. The van der Waals surface area contributed by atoms with E-state index in [0.717, 1.165) is 30.0 Å². The molecular weight excluding hydrogens is 394 g/mol. The summed E-state index contributed by atoms with van der Waals surface area (Å²) in [5.74, 6) is 0.656. The van der Waals surface area contributed by atoms with Crippen molar-refractivity contribution in [2.75, 3.05) is 36.0 Å². The van der Waals surface area contributed by atoms with Gasteiger partial charge in [0.2, 0.25) is 0 Å². The van der Waals surface area contributed by atoms with E-state index in [0.29, 0.717) is 30.8 Å². The van der Waals surface area contributed by atoms with Gasteiger partial charge in [-0.2, -0.15) is 0 Å². The Labute approximate surface area is 181 Å². The molecule has 0 aliphatic carbocycles. The number of piperazine rings is 1. The predicted molar refractivity (Wildman–Crippen MR) is 118 cm³/mol. The van der Waals surface area contributed by atoms with Crippen molar-refractivity contribution in [3.63, 3.8) is 0 Å². The number of hydrogen-bond acceptors (Lipinski definition) is 5. The Morgan fingerprint density at radius 2 is 1.77 bits per heavy atom. The molecule has 1 N–H and O–H groups in total. The monoisotopic (exact) mass is 421 g/mol. The smallest absolute Gasteiger partial charge is 0.329 e. The number of pyridine rings is 1. The maximum atomic E-state index is 13.0.